The number of hydrogen-bond acceptors (Lipinski definition) is 15. The summed E-state index contributed by atoms with van der Waals surface area (Å²) >= 11 is 0. The maximum atomic E-state index is 13.1. The van der Waals surface area contributed by atoms with Crippen LogP contribution in [0.1, 0.15) is 433 Å². The minimum atomic E-state index is -4.96. The molecule has 0 fully saturated rings. The highest BCUT2D eigenvalue weighted by molar-refractivity contribution is 7.47. The summed E-state index contributed by atoms with van der Waals surface area (Å²) in [5, 5.41) is 10.6. The molecule has 0 aromatic carbocycles. The Morgan fingerprint density at radius 1 is 0.287 bits per heavy atom. The molecule has 17 nitrogen and oxygen atoms in total. The molecule has 600 valence electrons. The average Bonchev–Trinajstić information content (AvgIpc) is 0.958. The van der Waals surface area contributed by atoms with Crippen LogP contribution in [0.25, 0.3) is 0 Å². The SMILES string of the molecule is CCCCCCCCCCCCCCCCCCCCCCCC(=O)O[C@H](COC(=O)CCCCCCCCCCCCCCCCCC(C)C)COP(=O)(O)OC[C@@H](O)COP(=O)(O)OC[C@@H](COC(=O)CCCCCCCCCCCC)OC(=O)CCCCCCCCCCC(C)CC. The van der Waals surface area contributed by atoms with Crippen molar-refractivity contribution in [1.82, 2.24) is 0 Å². The van der Waals surface area contributed by atoms with Gasteiger partial charge in [0.2, 0.25) is 0 Å². The van der Waals surface area contributed by atoms with E-state index in [0.717, 1.165) is 102 Å². The molecule has 0 saturated carbocycles. The van der Waals surface area contributed by atoms with Crippen LogP contribution in [0.5, 0.6) is 0 Å². The number of aliphatic hydroxyl groups excluding tert-OH is 1. The molecule has 0 bridgehead atoms. The summed E-state index contributed by atoms with van der Waals surface area (Å²) < 4.78 is 68.7. The Labute approximate surface area is 619 Å². The molecule has 0 saturated heterocycles. The van der Waals surface area contributed by atoms with Crippen LogP contribution in [0, 0.1) is 11.8 Å². The van der Waals surface area contributed by atoms with E-state index in [1.165, 1.54) is 250 Å². The van der Waals surface area contributed by atoms with Gasteiger partial charge in [0.15, 0.2) is 12.2 Å². The molecule has 0 heterocycles. The van der Waals surface area contributed by atoms with Gasteiger partial charge in [-0.15, -0.1) is 0 Å². The number of phosphoric acid groups is 2. The minimum absolute atomic E-state index is 0.105. The van der Waals surface area contributed by atoms with Crippen molar-refractivity contribution >= 4 is 39.5 Å². The maximum Gasteiger partial charge on any atom is 0.472 e. The van der Waals surface area contributed by atoms with Crippen LogP contribution in [-0.2, 0) is 65.4 Å². The number of unbranched alkanes of at least 4 members (excludes halogenated alkanes) is 50. The van der Waals surface area contributed by atoms with Crippen LogP contribution in [0.4, 0.5) is 0 Å². The molecule has 0 radical (unpaired) electrons. The van der Waals surface area contributed by atoms with Crippen molar-refractivity contribution in [2.45, 2.75) is 452 Å². The van der Waals surface area contributed by atoms with Gasteiger partial charge in [-0.2, -0.15) is 0 Å². The van der Waals surface area contributed by atoms with Gasteiger partial charge in [0, 0.05) is 25.7 Å². The van der Waals surface area contributed by atoms with Gasteiger partial charge in [0.05, 0.1) is 26.4 Å². The molecule has 3 N–H and O–H groups in total. The van der Waals surface area contributed by atoms with Crippen LogP contribution >= 0.6 is 15.6 Å². The number of aliphatic hydroxyl groups is 1. The van der Waals surface area contributed by atoms with Crippen molar-refractivity contribution in [2.24, 2.45) is 11.8 Å². The molecule has 6 atom stereocenters. The second-order valence-corrected chi connectivity index (χ2v) is 33.1. The van der Waals surface area contributed by atoms with Gasteiger partial charge in [-0.25, -0.2) is 9.13 Å². The predicted octanol–water partition coefficient (Wildman–Crippen LogP) is 24.7. The second kappa shape index (κ2) is 73.6. The molecular weight excluding hydrogens is 1320 g/mol. The molecule has 101 heavy (non-hydrogen) atoms. The van der Waals surface area contributed by atoms with Gasteiger partial charge in [-0.1, -0.05) is 382 Å². The lowest BCUT2D eigenvalue weighted by Gasteiger charge is -2.21. The van der Waals surface area contributed by atoms with E-state index in [9.17, 15) is 43.2 Å². The molecule has 0 spiro atoms. The zero-order valence-corrected chi connectivity index (χ0v) is 68.0. The molecule has 0 aromatic heterocycles. The Bertz CT molecular complexity index is 1940. The first-order chi connectivity index (χ1) is 48.9. The van der Waals surface area contributed by atoms with E-state index in [4.69, 9.17) is 37.0 Å². The van der Waals surface area contributed by atoms with Gasteiger partial charge in [0.1, 0.15) is 19.3 Å². The van der Waals surface area contributed by atoms with Crippen LogP contribution in [0.2, 0.25) is 0 Å². The van der Waals surface area contributed by atoms with E-state index < -0.39 is 97.5 Å². The van der Waals surface area contributed by atoms with E-state index in [1.807, 2.05) is 0 Å². The van der Waals surface area contributed by atoms with E-state index in [1.54, 1.807) is 0 Å². The van der Waals surface area contributed by atoms with Crippen molar-refractivity contribution in [3.63, 3.8) is 0 Å². The first-order valence-corrected chi connectivity index (χ1v) is 45.5. The Balaban J connectivity index is 5.21. The number of phosphoric ester groups is 2. The molecule has 3 unspecified atom stereocenters. The fourth-order valence-corrected chi connectivity index (χ4v) is 14.3. The lowest BCUT2D eigenvalue weighted by molar-refractivity contribution is -0.161. The summed E-state index contributed by atoms with van der Waals surface area (Å²) in [4.78, 5) is 73.0. The largest absolute Gasteiger partial charge is 0.472 e. The smallest absolute Gasteiger partial charge is 0.462 e. The summed E-state index contributed by atoms with van der Waals surface area (Å²) in [6.45, 7) is 9.65. The summed E-state index contributed by atoms with van der Waals surface area (Å²) in [7, 11) is -9.92. The highest BCUT2D eigenvalue weighted by atomic mass is 31.2. The van der Waals surface area contributed by atoms with E-state index in [0.29, 0.717) is 25.7 Å². The zero-order valence-electron chi connectivity index (χ0n) is 66.2. The Kier molecular flexibility index (Phi) is 72.2. The van der Waals surface area contributed by atoms with Crippen LogP contribution in [0.3, 0.4) is 0 Å². The molecule has 0 rings (SSSR count). The highest BCUT2D eigenvalue weighted by Gasteiger charge is 2.30. The van der Waals surface area contributed by atoms with Crippen molar-refractivity contribution in [3.8, 4) is 0 Å². The lowest BCUT2D eigenvalue weighted by Crippen LogP contribution is -2.30. The highest BCUT2D eigenvalue weighted by Crippen LogP contribution is 2.45. The van der Waals surface area contributed by atoms with Crippen molar-refractivity contribution in [2.75, 3.05) is 39.6 Å². The minimum Gasteiger partial charge on any atom is -0.462 e. The fourth-order valence-electron chi connectivity index (χ4n) is 12.7. The Morgan fingerprint density at radius 2 is 0.505 bits per heavy atom. The average molecular weight is 1480 g/mol. The van der Waals surface area contributed by atoms with Crippen LogP contribution in [-0.4, -0.2) is 96.7 Å². The van der Waals surface area contributed by atoms with Crippen molar-refractivity contribution in [1.29, 1.82) is 0 Å². The molecule has 0 amide bonds. The topological polar surface area (TPSA) is 237 Å². The third-order valence-electron chi connectivity index (χ3n) is 19.6. The van der Waals surface area contributed by atoms with Gasteiger partial charge in [0.25, 0.3) is 0 Å². The van der Waals surface area contributed by atoms with Gasteiger partial charge >= 0.3 is 39.5 Å². The molecule has 19 heteroatoms. The van der Waals surface area contributed by atoms with Gasteiger partial charge in [-0.05, 0) is 37.5 Å². The normalized spacial score (nSPS) is 14.2. The van der Waals surface area contributed by atoms with Crippen LogP contribution < -0.4 is 0 Å². The van der Waals surface area contributed by atoms with E-state index in [2.05, 4.69) is 41.5 Å². The number of ether oxygens (including phenoxy) is 4. The fraction of sp³-hybridized carbons (Fsp3) is 0.951. The number of rotatable bonds is 81. The lowest BCUT2D eigenvalue weighted by atomic mass is 9.99. The second-order valence-electron chi connectivity index (χ2n) is 30.2. The number of carbonyl (C=O) groups excluding carboxylic acids is 4. The monoisotopic (exact) mass is 1480 g/mol. The predicted molar refractivity (Wildman–Crippen MR) is 414 cm³/mol. The molecule has 0 aliphatic carbocycles. The third kappa shape index (κ3) is 74.7. The zero-order chi connectivity index (χ0) is 74.2. The quantitative estimate of drug-likeness (QED) is 0.0222. The Hall–Kier alpha value is -1.94. The van der Waals surface area contributed by atoms with Gasteiger partial charge < -0.3 is 33.8 Å². The van der Waals surface area contributed by atoms with Crippen LogP contribution in [0.15, 0.2) is 0 Å². The summed E-state index contributed by atoms with van der Waals surface area (Å²) in [6.07, 6.45) is 63.9. The Morgan fingerprint density at radius 3 is 0.752 bits per heavy atom. The van der Waals surface area contributed by atoms with Crippen molar-refractivity contribution in [3.05, 3.63) is 0 Å². The first-order valence-electron chi connectivity index (χ1n) is 42.5. The third-order valence-corrected chi connectivity index (χ3v) is 21.5. The van der Waals surface area contributed by atoms with Crippen molar-refractivity contribution < 1.29 is 80.2 Å². The van der Waals surface area contributed by atoms with E-state index >= 15 is 0 Å². The first kappa shape index (κ1) is 99.1. The summed E-state index contributed by atoms with van der Waals surface area (Å²) in [5.41, 5.74) is 0. The summed E-state index contributed by atoms with van der Waals surface area (Å²) in [6, 6.07) is 0. The molecule has 0 aliphatic heterocycles. The number of carbonyl (C=O) groups is 4. The molecular formula is C82H160O17P2. The molecule has 0 aromatic rings. The standard InChI is InChI=1S/C82H160O17P2/c1-7-10-12-14-16-18-20-21-22-23-24-25-26-27-30-34-37-41-48-54-60-66-81(86)98-77(70-93-80(85)65-59-53-47-40-36-33-31-28-29-32-35-38-44-50-56-62-74(4)5)72-96-100(88,89)94-68-76(83)69-95-101(90,91)97-73-78(71-92-79(84)64-58-52-46-39-19-17-15-13-11-8-2)99-82(87)67-61-55-49-43-42-45-51-57-63-75(6)9-3/h74-78,83H,7-73H2,1-6H3,(H,88,89)(H,90,91)/t75?,76-,77-,78-/m1/s1. The van der Waals surface area contributed by atoms with Gasteiger partial charge in [-0.3, -0.25) is 37.3 Å². The maximum absolute atomic E-state index is 13.1. The summed E-state index contributed by atoms with van der Waals surface area (Å²) in [5.74, 6) is -0.534. The van der Waals surface area contributed by atoms with E-state index in [-0.39, 0.29) is 25.7 Å². The number of esters is 4. The molecule has 0 aliphatic rings. The number of hydrogen-bond donors (Lipinski definition) is 3.